The van der Waals surface area contributed by atoms with Crippen LogP contribution in [0.15, 0.2) is 29.2 Å². The average molecular weight is 329 g/mol. The number of rotatable bonds is 5. The fourth-order valence-electron chi connectivity index (χ4n) is 2.05. The summed E-state index contributed by atoms with van der Waals surface area (Å²) in [6, 6.07) is 6.37. The molecule has 1 aliphatic heterocycles. The number of ether oxygens (including phenoxy) is 1. The lowest BCUT2D eigenvalue weighted by Crippen LogP contribution is -2.39. The summed E-state index contributed by atoms with van der Waals surface area (Å²) < 4.78 is 27.8. The summed E-state index contributed by atoms with van der Waals surface area (Å²) >= 11 is 5.18. The lowest BCUT2D eigenvalue weighted by Gasteiger charge is -2.14. The molecule has 1 heterocycles. The summed E-state index contributed by atoms with van der Waals surface area (Å²) in [4.78, 5) is 0.102. The van der Waals surface area contributed by atoms with E-state index in [9.17, 15) is 8.42 Å². The van der Waals surface area contributed by atoms with Gasteiger partial charge in [0.1, 0.15) is 0 Å². The SMILES string of the molecule is NS(=O)(=O)c1ccc(CNC(=S)NC[C@H]2CCCO2)cc1. The van der Waals surface area contributed by atoms with E-state index in [-0.39, 0.29) is 11.0 Å². The summed E-state index contributed by atoms with van der Waals surface area (Å²) in [6.07, 6.45) is 2.40. The van der Waals surface area contributed by atoms with Gasteiger partial charge in [0.05, 0.1) is 11.0 Å². The van der Waals surface area contributed by atoms with Crippen molar-refractivity contribution in [3.8, 4) is 0 Å². The lowest BCUT2D eigenvalue weighted by molar-refractivity contribution is 0.114. The minimum absolute atomic E-state index is 0.102. The molecule has 8 heteroatoms. The first-order valence-corrected chi connectivity index (χ1v) is 8.65. The van der Waals surface area contributed by atoms with E-state index in [1.807, 2.05) is 0 Å². The maximum Gasteiger partial charge on any atom is 0.238 e. The first kappa shape index (κ1) is 16.2. The van der Waals surface area contributed by atoms with Crippen molar-refractivity contribution >= 4 is 27.4 Å². The molecule has 1 atom stereocenters. The van der Waals surface area contributed by atoms with E-state index in [0.29, 0.717) is 18.2 Å². The second-order valence-corrected chi connectivity index (χ2v) is 6.86. The fraction of sp³-hybridized carbons (Fsp3) is 0.462. The van der Waals surface area contributed by atoms with E-state index in [0.717, 1.165) is 25.0 Å². The summed E-state index contributed by atoms with van der Waals surface area (Å²) in [5.41, 5.74) is 0.920. The third-order valence-corrected chi connectivity index (χ3v) is 4.44. The maximum atomic E-state index is 11.1. The molecule has 0 unspecified atom stereocenters. The fourth-order valence-corrected chi connectivity index (χ4v) is 2.72. The van der Waals surface area contributed by atoms with Gasteiger partial charge >= 0.3 is 0 Å². The smallest absolute Gasteiger partial charge is 0.238 e. The van der Waals surface area contributed by atoms with E-state index in [4.69, 9.17) is 22.1 Å². The third-order valence-electron chi connectivity index (χ3n) is 3.22. The molecule has 6 nitrogen and oxygen atoms in total. The number of hydrogen-bond donors (Lipinski definition) is 3. The van der Waals surface area contributed by atoms with Crippen LogP contribution >= 0.6 is 12.2 Å². The molecule has 0 saturated carbocycles. The van der Waals surface area contributed by atoms with Crippen LogP contribution in [0.1, 0.15) is 18.4 Å². The van der Waals surface area contributed by atoms with Crippen LogP contribution < -0.4 is 15.8 Å². The molecule has 4 N–H and O–H groups in total. The Kier molecular flexibility index (Phi) is 5.51. The highest BCUT2D eigenvalue weighted by atomic mass is 32.2. The number of nitrogens with one attached hydrogen (secondary N) is 2. The van der Waals surface area contributed by atoms with Crippen LogP contribution in [0.25, 0.3) is 0 Å². The molecular weight excluding hydrogens is 310 g/mol. The van der Waals surface area contributed by atoms with Gasteiger partial charge in [0, 0.05) is 19.7 Å². The second-order valence-electron chi connectivity index (χ2n) is 4.89. The summed E-state index contributed by atoms with van der Waals surface area (Å²) in [6.45, 7) is 2.04. The van der Waals surface area contributed by atoms with E-state index < -0.39 is 10.0 Å². The molecule has 0 amide bonds. The van der Waals surface area contributed by atoms with Crippen LogP contribution in [-0.2, 0) is 21.3 Å². The molecule has 1 aliphatic rings. The van der Waals surface area contributed by atoms with Gasteiger partial charge in [0.15, 0.2) is 5.11 Å². The normalized spacial score (nSPS) is 18.4. The minimum Gasteiger partial charge on any atom is -0.376 e. The molecule has 116 valence electrons. The van der Waals surface area contributed by atoms with Crippen LogP contribution in [0, 0.1) is 0 Å². The zero-order valence-corrected chi connectivity index (χ0v) is 13.2. The number of thiocarbonyl (C=S) groups is 1. The minimum atomic E-state index is -3.64. The first-order chi connectivity index (χ1) is 9.95. The Morgan fingerprint density at radius 2 is 2.05 bits per heavy atom. The third kappa shape index (κ3) is 5.24. The molecule has 21 heavy (non-hydrogen) atoms. The van der Waals surface area contributed by atoms with Gasteiger partial charge in [-0.2, -0.15) is 0 Å². The van der Waals surface area contributed by atoms with E-state index in [1.54, 1.807) is 12.1 Å². The highest BCUT2D eigenvalue weighted by molar-refractivity contribution is 7.89. The van der Waals surface area contributed by atoms with Crippen molar-refractivity contribution in [2.45, 2.75) is 30.4 Å². The lowest BCUT2D eigenvalue weighted by atomic mass is 10.2. The number of benzene rings is 1. The number of nitrogens with two attached hydrogens (primary N) is 1. The Balaban J connectivity index is 1.75. The average Bonchev–Trinajstić information content (AvgIpc) is 2.95. The summed E-state index contributed by atoms with van der Waals surface area (Å²) in [7, 11) is -3.64. The predicted octanol–water partition coefficient (Wildman–Crippen LogP) is 0.477. The van der Waals surface area contributed by atoms with Gasteiger partial charge in [-0.15, -0.1) is 0 Å². The van der Waals surface area contributed by atoms with Crippen molar-refractivity contribution in [3.63, 3.8) is 0 Å². The van der Waals surface area contributed by atoms with Crippen molar-refractivity contribution in [1.29, 1.82) is 0 Å². The van der Waals surface area contributed by atoms with Gasteiger partial charge in [-0.05, 0) is 42.8 Å². The molecule has 0 bridgehead atoms. The highest BCUT2D eigenvalue weighted by Gasteiger charge is 2.15. The molecule has 0 aliphatic carbocycles. The van der Waals surface area contributed by atoms with Crippen molar-refractivity contribution in [1.82, 2.24) is 10.6 Å². The Morgan fingerprint density at radius 1 is 1.33 bits per heavy atom. The van der Waals surface area contributed by atoms with E-state index >= 15 is 0 Å². The van der Waals surface area contributed by atoms with E-state index in [2.05, 4.69) is 10.6 Å². The van der Waals surface area contributed by atoms with Crippen molar-refractivity contribution in [2.24, 2.45) is 5.14 Å². The molecule has 2 rings (SSSR count). The predicted molar refractivity (Wildman–Crippen MR) is 84.2 cm³/mol. The molecule has 1 fully saturated rings. The van der Waals surface area contributed by atoms with Gasteiger partial charge in [-0.1, -0.05) is 12.1 Å². The molecule has 0 spiro atoms. The molecule has 1 saturated heterocycles. The zero-order chi connectivity index (χ0) is 15.3. The van der Waals surface area contributed by atoms with Gasteiger partial charge in [0.25, 0.3) is 0 Å². The quantitative estimate of drug-likeness (QED) is 0.680. The summed E-state index contributed by atoms with van der Waals surface area (Å²) in [5, 5.41) is 11.8. The Labute approximate surface area is 130 Å². The number of sulfonamides is 1. The highest BCUT2D eigenvalue weighted by Crippen LogP contribution is 2.10. The molecule has 0 aromatic heterocycles. The standard InChI is InChI=1S/C13H19N3O3S2/c14-21(17,18)12-5-3-10(4-6-12)8-15-13(20)16-9-11-2-1-7-19-11/h3-6,11H,1-2,7-9H2,(H2,14,17,18)(H2,15,16,20)/t11-/m1/s1. The Morgan fingerprint density at radius 3 is 2.62 bits per heavy atom. The zero-order valence-electron chi connectivity index (χ0n) is 11.5. The Hall–Kier alpha value is -1.22. The molecule has 0 radical (unpaired) electrons. The number of hydrogen-bond acceptors (Lipinski definition) is 4. The van der Waals surface area contributed by atoms with Gasteiger partial charge in [-0.3, -0.25) is 0 Å². The van der Waals surface area contributed by atoms with Crippen molar-refractivity contribution in [2.75, 3.05) is 13.2 Å². The molecular formula is C13H19N3O3S2. The Bertz CT molecular complexity index is 581. The van der Waals surface area contributed by atoms with E-state index in [1.165, 1.54) is 12.1 Å². The van der Waals surface area contributed by atoms with Crippen LogP contribution in [0.5, 0.6) is 0 Å². The topological polar surface area (TPSA) is 93.5 Å². The largest absolute Gasteiger partial charge is 0.376 e. The van der Waals surface area contributed by atoms with Gasteiger partial charge in [-0.25, -0.2) is 13.6 Å². The monoisotopic (exact) mass is 329 g/mol. The number of primary sulfonamides is 1. The van der Waals surface area contributed by atoms with Crippen LogP contribution in [0.2, 0.25) is 0 Å². The van der Waals surface area contributed by atoms with Crippen molar-refractivity contribution < 1.29 is 13.2 Å². The molecule has 1 aromatic carbocycles. The first-order valence-electron chi connectivity index (χ1n) is 6.70. The van der Waals surface area contributed by atoms with Crippen LogP contribution in [0.3, 0.4) is 0 Å². The maximum absolute atomic E-state index is 11.1. The van der Waals surface area contributed by atoms with Crippen molar-refractivity contribution in [3.05, 3.63) is 29.8 Å². The van der Waals surface area contributed by atoms with Gasteiger partial charge in [0.2, 0.25) is 10.0 Å². The van der Waals surface area contributed by atoms with Gasteiger partial charge < -0.3 is 15.4 Å². The second kappa shape index (κ2) is 7.17. The molecule has 1 aromatic rings. The van der Waals surface area contributed by atoms with Crippen LogP contribution in [-0.4, -0.2) is 32.8 Å². The summed E-state index contributed by atoms with van der Waals surface area (Å²) in [5.74, 6) is 0. The van der Waals surface area contributed by atoms with Crippen LogP contribution in [0.4, 0.5) is 0 Å².